The minimum atomic E-state index is -0.123. The normalized spacial score (nSPS) is 12.9. The summed E-state index contributed by atoms with van der Waals surface area (Å²) in [5.74, 6) is 1.98. The Labute approximate surface area is 354 Å². The van der Waals surface area contributed by atoms with Crippen LogP contribution < -0.4 is 0 Å². The molecule has 0 saturated heterocycles. The third-order valence-corrected chi connectivity index (χ3v) is 12.9. The molecule has 0 radical (unpaired) electrons. The van der Waals surface area contributed by atoms with Crippen LogP contribution in [0.2, 0.25) is 0 Å². The first-order valence-corrected chi connectivity index (χ1v) is 21.0. The molecule has 1 aliphatic carbocycles. The van der Waals surface area contributed by atoms with Gasteiger partial charge in [0.2, 0.25) is 0 Å². The Kier molecular flexibility index (Phi) is 7.88. The first-order chi connectivity index (χ1) is 30.0. The lowest BCUT2D eigenvalue weighted by molar-refractivity contribution is 0.660. The summed E-state index contributed by atoms with van der Waals surface area (Å²) in [5, 5.41) is 10.3. The van der Waals surface area contributed by atoms with Gasteiger partial charge in [-0.05, 0) is 93.7 Å². The summed E-state index contributed by atoms with van der Waals surface area (Å²) in [4.78, 5) is 15.4. The van der Waals surface area contributed by atoms with Gasteiger partial charge in [0.05, 0.1) is 0 Å². The Balaban J connectivity index is 0.936. The van der Waals surface area contributed by atoms with Crippen LogP contribution in [0.25, 0.3) is 111 Å². The van der Waals surface area contributed by atoms with E-state index in [2.05, 4.69) is 196 Å². The van der Waals surface area contributed by atoms with Crippen molar-refractivity contribution in [1.29, 1.82) is 0 Å². The second-order valence-corrected chi connectivity index (χ2v) is 16.7. The average Bonchev–Trinajstić information content (AvgIpc) is 3.57. The van der Waals surface area contributed by atoms with Crippen molar-refractivity contribution in [2.24, 2.45) is 0 Å². The molecular formula is C58H39N3. The Morgan fingerprint density at radius 2 is 0.738 bits per heavy atom. The van der Waals surface area contributed by atoms with Gasteiger partial charge in [0.15, 0.2) is 17.5 Å². The molecule has 0 N–H and O–H groups in total. The van der Waals surface area contributed by atoms with Gasteiger partial charge < -0.3 is 0 Å². The summed E-state index contributed by atoms with van der Waals surface area (Å²) in [6.07, 6.45) is 0. The number of fused-ring (bicyclic) bond motifs is 11. The summed E-state index contributed by atoms with van der Waals surface area (Å²) in [6.45, 7) is 4.61. The highest BCUT2D eigenvalue weighted by Gasteiger charge is 2.37. The number of benzene rings is 10. The van der Waals surface area contributed by atoms with Crippen molar-refractivity contribution in [1.82, 2.24) is 15.0 Å². The number of hydrogen-bond donors (Lipinski definition) is 0. The van der Waals surface area contributed by atoms with Crippen molar-refractivity contribution in [3.05, 3.63) is 211 Å². The molecule has 0 spiro atoms. The molecule has 0 saturated carbocycles. The summed E-state index contributed by atoms with van der Waals surface area (Å²) < 4.78 is 0. The highest BCUT2D eigenvalue weighted by atomic mass is 15.0. The van der Waals surface area contributed by atoms with E-state index in [4.69, 9.17) is 15.0 Å². The average molecular weight is 778 g/mol. The van der Waals surface area contributed by atoms with Crippen LogP contribution in [0.1, 0.15) is 25.0 Å². The maximum Gasteiger partial charge on any atom is 0.164 e. The maximum absolute atomic E-state index is 5.20. The van der Waals surface area contributed by atoms with E-state index in [0.29, 0.717) is 17.5 Å². The van der Waals surface area contributed by atoms with Gasteiger partial charge in [-0.15, -0.1) is 0 Å². The largest absolute Gasteiger partial charge is 0.208 e. The van der Waals surface area contributed by atoms with Crippen LogP contribution in [0.5, 0.6) is 0 Å². The molecule has 11 aromatic rings. The third kappa shape index (κ3) is 5.55. The molecule has 3 nitrogen and oxygen atoms in total. The highest BCUT2D eigenvalue weighted by molar-refractivity contribution is 6.33. The van der Waals surface area contributed by atoms with E-state index in [1.165, 1.54) is 76.5 Å². The lowest BCUT2D eigenvalue weighted by atomic mass is 9.82. The van der Waals surface area contributed by atoms with Crippen molar-refractivity contribution in [2.75, 3.05) is 0 Å². The molecule has 3 heteroatoms. The molecular weight excluding hydrogens is 739 g/mol. The maximum atomic E-state index is 5.20. The van der Waals surface area contributed by atoms with Crippen LogP contribution in [0.4, 0.5) is 0 Å². The minimum Gasteiger partial charge on any atom is -0.208 e. The molecule has 0 fully saturated rings. The third-order valence-electron chi connectivity index (χ3n) is 12.9. The van der Waals surface area contributed by atoms with Gasteiger partial charge in [0, 0.05) is 22.1 Å². The van der Waals surface area contributed by atoms with Crippen molar-refractivity contribution >= 4 is 43.1 Å². The first-order valence-electron chi connectivity index (χ1n) is 21.0. The monoisotopic (exact) mass is 777 g/mol. The van der Waals surface area contributed by atoms with Gasteiger partial charge in [-0.1, -0.05) is 208 Å². The van der Waals surface area contributed by atoms with Crippen molar-refractivity contribution in [3.63, 3.8) is 0 Å². The second-order valence-electron chi connectivity index (χ2n) is 16.7. The van der Waals surface area contributed by atoms with E-state index in [-0.39, 0.29) is 5.41 Å². The van der Waals surface area contributed by atoms with Crippen LogP contribution in [0.15, 0.2) is 200 Å². The number of rotatable bonds is 5. The van der Waals surface area contributed by atoms with Crippen LogP contribution in [0.3, 0.4) is 0 Å². The zero-order chi connectivity index (χ0) is 40.7. The van der Waals surface area contributed by atoms with Gasteiger partial charge in [0.1, 0.15) is 0 Å². The SMILES string of the molecule is CC1(C)c2ccccc2-c2c(-c3nc(-c4ccccc4)nc(-c4ccc(-c5ccc(-c6cc7c8ccccc8c8ccccc8c7c7ccccc67)cc5)cc4)n3)cccc21. The van der Waals surface area contributed by atoms with Crippen molar-refractivity contribution < 1.29 is 0 Å². The zero-order valence-electron chi connectivity index (χ0n) is 33.9. The van der Waals surface area contributed by atoms with Gasteiger partial charge in [0.25, 0.3) is 0 Å². The molecule has 0 atom stereocenters. The topological polar surface area (TPSA) is 38.7 Å². The highest BCUT2D eigenvalue weighted by Crippen LogP contribution is 2.52. The lowest BCUT2D eigenvalue weighted by Gasteiger charge is -2.21. The number of nitrogens with zero attached hydrogens (tertiary/aromatic N) is 3. The Bertz CT molecular complexity index is 3530. The molecule has 1 heterocycles. The molecule has 0 aliphatic heterocycles. The molecule has 1 aromatic heterocycles. The van der Waals surface area contributed by atoms with Gasteiger partial charge in [-0.25, -0.2) is 15.0 Å². The predicted octanol–water partition coefficient (Wildman–Crippen LogP) is 15.1. The van der Waals surface area contributed by atoms with E-state index in [0.717, 1.165) is 27.8 Å². The van der Waals surface area contributed by atoms with E-state index in [1.54, 1.807) is 0 Å². The van der Waals surface area contributed by atoms with Gasteiger partial charge in [-0.3, -0.25) is 0 Å². The van der Waals surface area contributed by atoms with Crippen LogP contribution in [-0.4, -0.2) is 15.0 Å². The summed E-state index contributed by atoms with van der Waals surface area (Å²) in [5.41, 5.74) is 12.6. The Morgan fingerprint density at radius 1 is 0.295 bits per heavy atom. The lowest BCUT2D eigenvalue weighted by Crippen LogP contribution is -2.14. The second kappa shape index (κ2) is 13.7. The molecule has 1 aliphatic rings. The minimum absolute atomic E-state index is 0.123. The van der Waals surface area contributed by atoms with Gasteiger partial charge in [-0.2, -0.15) is 0 Å². The van der Waals surface area contributed by atoms with Gasteiger partial charge >= 0.3 is 0 Å². The zero-order valence-corrected chi connectivity index (χ0v) is 33.9. The molecule has 12 rings (SSSR count). The smallest absolute Gasteiger partial charge is 0.164 e. The summed E-state index contributed by atoms with van der Waals surface area (Å²) >= 11 is 0. The quantitative estimate of drug-likeness (QED) is 0.163. The van der Waals surface area contributed by atoms with E-state index in [1.807, 2.05) is 18.2 Å². The molecule has 61 heavy (non-hydrogen) atoms. The summed E-state index contributed by atoms with van der Waals surface area (Å²) in [7, 11) is 0. The standard InChI is InChI=1S/C58H39N3/c1-58(2)51-25-13-12-23-47(51)54-48(24-14-26-52(54)58)57-60-55(39-15-4-3-5-16-39)59-56(61-57)40-33-29-37(30-34-40)36-27-31-38(32-28-36)49-35-50-43-19-7-6-17-41(43)42-18-8-10-21-45(42)53(50)46-22-11-9-20-44(46)49/h3-35H,1-2H3. The Hall–Kier alpha value is -7.75. The van der Waals surface area contributed by atoms with E-state index < -0.39 is 0 Å². The number of aromatic nitrogens is 3. The fourth-order valence-electron chi connectivity index (χ4n) is 9.94. The van der Waals surface area contributed by atoms with Crippen LogP contribution in [0, 0.1) is 0 Å². The first kappa shape index (κ1) is 35.2. The molecule has 10 aromatic carbocycles. The van der Waals surface area contributed by atoms with E-state index >= 15 is 0 Å². The predicted molar refractivity (Wildman–Crippen MR) is 255 cm³/mol. The fraction of sp³-hybridized carbons (Fsp3) is 0.0517. The number of hydrogen-bond acceptors (Lipinski definition) is 3. The molecule has 0 bridgehead atoms. The van der Waals surface area contributed by atoms with Crippen LogP contribution in [-0.2, 0) is 5.41 Å². The van der Waals surface area contributed by atoms with E-state index in [9.17, 15) is 0 Å². The fourth-order valence-corrected chi connectivity index (χ4v) is 9.94. The molecule has 286 valence electrons. The molecule has 0 amide bonds. The van der Waals surface area contributed by atoms with Crippen molar-refractivity contribution in [2.45, 2.75) is 19.3 Å². The van der Waals surface area contributed by atoms with Crippen molar-refractivity contribution in [3.8, 4) is 67.5 Å². The molecule has 0 unspecified atom stereocenters. The Morgan fingerprint density at radius 3 is 1.41 bits per heavy atom. The summed E-state index contributed by atoms with van der Waals surface area (Å²) in [6, 6.07) is 72.0. The van der Waals surface area contributed by atoms with Crippen LogP contribution >= 0.6 is 0 Å².